The molecule has 0 radical (unpaired) electrons. The Kier molecular flexibility index (Phi) is 1.83. The lowest BCUT2D eigenvalue weighted by Gasteiger charge is -2.10. The first-order chi connectivity index (χ1) is 5.90. The van der Waals surface area contributed by atoms with Gasteiger partial charge in [0.15, 0.2) is 0 Å². The van der Waals surface area contributed by atoms with Gasteiger partial charge in [0.2, 0.25) is 0 Å². The minimum atomic E-state index is 0.130. The molecule has 1 fully saturated rings. The van der Waals surface area contributed by atoms with Gasteiger partial charge in [0, 0.05) is 16.3 Å². The Labute approximate surface area is 87.9 Å². The monoisotopic (exact) mass is 215 g/mol. The molecule has 2 atom stereocenters. The van der Waals surface area contributed by atoms with Crippen molar-refractivity contribution in [2.45, 2.75) is 32.2 Å². The fraction of sp³-hybridized carbons (Fsp3) is 0.600. The molecule has 3 heteroatoms. The van der Waals surface area contributed by atoms with Gasteiger partial charge in [-0.3, -0.25) is 0 Å². The van der Waals surface area contributed by atoms with Crippen LogP contribution >= 0.6 is 22.9 Å². The van der Waals surface area contributed by atoms with Crippen LogP contribution < -0.4 is 5.73 Å². The Morgan fingerprint density at radius 3 is 2.23 bits per heavy atom. The van der Waals surface area contributed by atoms with Crippen LogP contribution in [0, 0.1) is 5.41 Å². The standard InChI is InChI=1S/C10H14ClNS/c1-9(2)8(12)10(9,3)6-4-5-7(11)13-6/h4-5,8H,12H2,1-3H3. The molecule has 72 valence electrons. The lowest BCUT2D eigenvalue weighted by atomic mass is 9.97. The molecule has 2 N–H and O–H groups in total. The molecule has 0 saturated heterocycles. The number of hydrogen-bond donors (Lipinski definition) is 1. The van der Waals surface area contributed by atoms with Crippen molar-refractivity contribution >= 4 is 22.9 Å². The molecule has 1 aromatic heterocycles. The maximum Gasteiger partial charge on any atom is 0.0931 e. The first-order valence-electron chi connectivity index (χ1n) is 4.42. The zero-order valence-corrected chi connectivity index (χ0v) is 9.67. The van der Waals surface area contributed by atoms with Crippen LogP contribution in [0.1, 0.15) is 25.6 Å². The molecule has 0 spiro atoms. The van der Waals surface area contributed by atoms with Crippen LogP contribution in [0.3, 0.4) is 0 Å². The van der Waals surface area contributed by atoms with Gasteiger partial charge in [-0.15, -0.1) is 11.3 Å². The molecular formula is C10H14ClNS. The minimum Gasteiger partial charge on any atom is -0.326 e. The number of halogens is 1. The van der Waals surface area contributed by atoms with Crippen LogP contribution in [0.25, 0.3) is 0 Å². The summed E-state index contributed by atoms with van der Waals surface area (Å²) in [6.45, 7) is 6.65. The average Bonchev–Trinajstić information content (AvgIpc) is 2.46. The highest BCUT2D eigenvalue weighted by Crippen LogP contribution is 2.64. The van der Waals surface area contributed by atoms with Gasteiger partial charge in [0.05, 0.1) is 4.34 Å². The molecule has 2 rings (SSSR count). The van der Waals surface area contributed by atoms with Crippen molar-refractivity contribution in [3.63, 3.8) is 0 Å². The van der Waals surface area contributed by atoms with Gasteiger partial charge < -0.3 is 5.73 Å². The first kappa shape index (κ1) is 9.50. The largest absolute Gasteiger partial charge is 0.326 e. The molecule has 1 aromatic rings. The molecule has 2 unspecified atom stereocenters. The Balaban J connectivity index is 2.39. The van der Waals surface area contributed by atoms with E-state index in [-0.39, 0.29) is 16.9 Å². The Morgan fingerprint density at radius 2 is 1.92 bits per heavy atom. The zero-order valence-electron chi connectivity index (χ0n) is 8.10. The molecule has 1 saturated carbocycles. The van der Waals surface area contributed by atoms with Gasteiger partial charge in [0.1, 0.15) is 0 Å². The molecule has 0 amide bonds. The summed E-state index contributed by atoms with van der Waals surface area (Å²) in [6.07, 6.45) is 0. The van der Waals surface area contributed by atoms with Gasteiger partial charge in [-0.2, -0.15) is 0 Å². The predicted molar refractivity (Wildman–Crippen MR) is 58.4 cm³/mol. The third-order valence-electron chi connectivity index (χ3n) is 3.74. The Bertz CT molecular complexity index is 344. The van der Waals surface area contributed by atoms with Crippen LogP contribution in [0.4, 0.5) is 0 Å². The van der Waals surface area contributed by atoms with E-state index in [1.807, 2.05) is 6.07 Å². The van der Waals surface area contributed by atoms with Crippen molar-refractivity contribution in [3.05, 3.63) is 21.3 Å². The highest BCUT2D eigenvalue weighted by Gasteiger charge is 2.67. The summed E-state index contributed by atoms with van der Waals surface area (Å²) in [5, 5.41) is 0. The molecule has 0 bridgehead atoms. The Morgan fingerprint density at radius 1 is 1.38 bits per heavy atom. The van der Waals surface area contributed by atoms with E-state index in [1.54, 1.807) is 11.3 Å². The van der Waals surface area contributed by atoms with Crippen molar-refractivity contribution in [1.29, 1.82) is 0 Å². The van der Waals surface area contributed by atoms with Crippen molar-refractivity contribution in [2.24, 2.45) is 11.1 Å². The topological polar surface area (TPSA) is 26.0 Å². The SMILES string of the molecule is CC1(C)C(N)C1(C)c1ccc(Cl)s1. The highest BCUT2D eigenvalue weighted by atomic mass is 35.5. The summed E-state index contributed by atoms with van der Waals surface area (Å²) in [7, 11) is 0. The van der Waals surface area contributed by atoms with Gasteiger partial charge >= 0.3 is 0 Å². The van der Waals surface area contributed by atoms with Gasteiger partial charge in [-0.05, 0) is 17.5 Å². The third-order valence-corrected chi connectivity index (χ3v) is 5.21. The number of hydrogen-bond acceptors (Lipinski definition) is 2. The molecule has 1 heterocycles. The van der Waals surface area contributed by atoms with Crippen molar-refractivity contribution in [3.8, 4) is 0 Å². The summed E-state index contributed by atoms with van der Waals surface area (Å²) in [5.74, 6) is 0. The number of nitrogens with two attached hydrogens (primary N) is 1. The predicted octanol–water partition coefficient (Wildman–Crippen LogP) is 3.03. The van der Waals surface area contributed by atoms with Crippen LogP contribution in [0.15, 0.2) is 12.1 Å². The van der Waals surface area contributed by atoms with Crippen molar-refractivity contribution < 1.29 is 0 Å². The smallest absolute Gasteiger partial charge is 0.0931 e. The van der Waals surface area contributed by atoms with Gasteiger partial charge in [-0.25, -0.2) is 0 Å². The van der Waals surface area contributed by atoms with E-state index in [1.165, 1.54) is 4.88 Å². The third kappa shape index (κ3) is 1.03. The normalized spacial score (nSPS) is 36.2. The molecule has 1 aliphatic rings. The van der Waals surface area contributed by atoms with Gasteiger partial charge in [0.25, 0.3) is 0 Å². The van der Waals surface area contributed by atoms with Crippen molar-refractivity contribution in [2.75, 3.05) is 0 Å². The summed E-state index contributed by atoms with van der Waals surface area (Å²) in [4.78, 5) is 1.31. The molecule has 0 aliphatic heterocycles. The first-order valence-corrected chi connectivity index (χ1v) is 5.61. The molecule has 1 nitrogen and oxygen atoms in total. The summed E-state index contributed by atoms with van der Waals surface area (Å²) >= 11 is 7.56. The average molecular weight is 216 g/mol. The van der Waals surface area contributed by atoms with Crippen LogP contribution in [-0.4, -0.2) is 6.04 Å². The second-order valence-electron chi connectivity index (χ2n) is 4.51. The van der Waals surface area contributed by atoms with Crippen LogP contribution in [0.5, 0.6) is 0 Å². The van der Waals surface area contributed by atoms with E-state index >= 15 is 0 Å². The fourth-order valence-electron chi connectivity index (χ4n) is 2.09. The van der Waals surface area contributed by atoms with E-state index in [0.717, 1.165) is 4.34 Å². The maximum atomic E-state index is 6.08. The fourth-order valence-corrected chi connectivity index (χ4v) is 3.49. The molecule has 0 aromatic carbocycles. The van der Waals surface area contributed by atoms with E-state index in [0.29, 0.717) is 0 Å². The summed E-state index contributed by atoms with van der Waals surface area (Å²) < 4.78 is 0.853. The zero-order chi connectivity index (χ0) is 9.85. The quantitative estimate of drug-likeness (QED) is 0.766. The number of thiophene rings is 1. The minimum absolute atomic E-state index is 0.130. The van der Waals surface area contributed by atoms with Crippen LogP contribution in [0.2, 0.25) is 4.34 Å². The molecule has 1 aliphatic carbocycles. The lowest BCUT2D eigenvalue weighted by molar-refractivity contribution is 0.531. The Hall–Kier alpha value is -0.0500. The lowest BCUT2D eigenvalue weighted by Crippen LogP contribution is -2.12. The van der Waals surface area contributed by atoms with Crippen LogP contribution in [-0.2, 0) is 5.41 Å². The number of rotatable bonds is 1. The van der Waals surface area contributed by atoms with Crippen molar-refractivity contribution in [1.82, 2.24) is 0 Å². The summed E-state index contributed by atoms with van der Waals surface area (Å²) in [6, 6.07) is 4.31. The highest BCUT2D eigenvalue weighted by molar-refractivity contribution is 7.16. The summed E-state index contributed by atoms with van der Waals surface area (Å²) in [5.41, 5.74) is 6.42. The van der Waals surface area contributed by atoms with Gasteiger partial charge in [-0.1, -0.05) is 32.4 Å². The van der Waals surface area contributed by atoms with E-state index in [2.05, 4.69) is 26.8 Å². The second kappa shape index (κ2) is 2.50. The van der Waals surface area contributed by atoms with E-state index in [4.69, 9.17) is 17.3 Å². The van der Waals surface area contributed by atoms with E-state index in [9.17, 15) is 0 Å². The second-order valence-corrected chi connectivity index (χ2v) is 6.22. The maximum absolute atomic E-state index is 6.08. The molecule has 13 heavy (non-hydrogen) atoms. The van der Waals surface area contributed by atoms with E-state index < -0.39 is 0 Å². The molecular weight excluding hydrogens is 202 g/mol.